The van der Waals surface area contributed by atoms with E-state index in [9.17, 15) is 14.7 Å². The Morgan fingerprint density at radius 2 is 1.76 bits per heavy atom. The Bertz CT molecular complexity index is 578. The number of carbonyl (C=O) groups is 2. The summed E-state index contributed by atoms with van der Waals surface area (Å²) < 4.78 is 0. The van der Waals surface area contributed by atoms with Crippen LogP contribution in [0.4, 0.5) is 0 Å². The molecule has 2 amide bonds. The van der Waals surface area contributed by atoms with Crippen LogP contribution in [0.3, 0.4) is 0 Å². The van der Waals surface area contributed by atoms with Gasteiger partial charge in [0.25, 0.3) is 0 Å². The Morgan fingerprint density at radius 3 is 2.32 bits per heavy atom. The third kappa shape index (κ3) is 4.60. The molecule has 1 aromatic carbocycles. The fourth-order valence-corrected chi connectivity index (χ4v) is 3.65. The zero-order valence-corrected chi connectivity index (χ0v) is 14.7. The van der Waals surface area contributed by atoms with Gasteiger partial charge in [0.05, 0.1) is 12.6 Å². The highest BCUT2D eigenvalue weighted by molar-refractivity contribution is 5.81. The Kier molecular flexibility index (Phi) is 6.08. The second kappa shape index (κ2) is 8.48. The van der Waals surface area contributed by atoms with Gasteiger partial charge in [0.15, 0.2) is 0 Å². The lowest BCUT2D eigenvalue weighted by atomic mass is 9.83. The molecule has 1 aliphatic carbocycles. The molecular weight excluding hydrogens is 316 g/mol. The van der Waals surface area contributed by atoms with Crippen LogP contribution in [0.1, 0.15) is 37.7 Å². The Hall–Kier alpha value is -1.88. The van der Waals surface area contributed by atoms with Gasteiger partial charge in [0.2, 0.25) is 11.8 Å². The fraction of sp³-hybridized carbons (Fsp3) is 0.600. The predicted molar refractivity (Wildman–Crippen MR) is 95.8 cm³/mol. The van der Waals surface area contributed by atoms with Gasteiger partial charge in [-0.2, -0.15) is 0 Å². The summed E-state index contributed by atoms with van der Waals surface area (Å²) in [5, 5.41) is 12.6. The van der Waals surface area contributed by atoms with E-state index in [4.69, 9.17) is 0 Å². The van der Waals surface area contributed by atoms with Gasteiger partial charge in [0.1, 0.15) is 0 Å². The second-order valence-electron chi connectivity index (χ2n) is 7.31. The van der Waals surface area contributed by atoms with Crippen LogP contribution in [0, 0.1) is 11.8 Å². The molecule has 5 nitrogen and oxygen atoms in total. The zero-order chi connectivity index (χ0) is 17.6. The predicted octanol–water partition coefficient (Wildman–Crippen LogP) is 1.74. The lowest BCUT2D eigenvalue weighted by Crippen LogP contribution is -2.48. The van der Waals surface area contributed by atoms with Crippen LogP contribution < -0.4 is 5.32 Å². The van der Waals surface area contributed by atoms with E-state index in [1.54, 1.807) is 0 Å². The molecule has 0 spiro atoms. The van der Waals surface area contributed by atoms with E-state index in [-0.39, 0.29) is 36.3 Å². The van der Waals surface area contributed by atoms with Crippen molar-refractivity contribution in [2.45, 2.75) is 44.6 Å². The average molecular weight is 344 g/mol. The van der Waals surface area contributed by atoms with Crippen LogP contribution in [0.2, 0.25) is 0 Å². The number of rotatable bonds is 6. The summed E-state index contributed by atoms with van der Waals surface area (Å²) in [6, 6.07) is 9.61. The normalized spacial score (nSPS) is 20.0. The Morgan fingerprint density at radius 1 is 1.08 bits per heavy atom. The van der Waals surface area contributed by atoms with Crippen molar-refractivity contribution in [3.05, 3.63) is 35.9 Å². The first-order valence-electron chi connectivity index (χ1n) is 9.41. The molecule has 2 N–H and O–H groups in total. The van der Waals surface area contributed by atoms with Crippen LogP contribution in [0.5, 0.6) is 0 Å². The van der Waals surface area contributed by atoms with Crippen molar-refractivity contribution in [1.29, 1.82) is 0 Å². The second-order valence-corrected chi connectivity index (χ2v) is 7.31. The molecular formula is C20H28N2O3. The quantitative estimate of drug-likeness (QED) is 0.826. The lowest BCUT2D eigenvalue weighted by Gasteiger charge is -2.36. The number of amides is 2. The first-order valence-corrected chi connectivity index (χ1v) is 9.41. The molecule has 0 unspecified atom stereocenters. The van der Waals surface area contributed by atoms with E-state index in [2.05, 4.69) is 5.32 Å². The van der Waals surface area contributed by atoms with Crippen molar-refractivity contribution in [2.24, 2.45) is 11.8 Å². The number of nitrogens with zero attached hydrogens (tertiary/aromatic N) is 1. The van der Waals surface area contributed by atoms with E-state index >= 15 is 0 Å². The van der Waals surface area contributed by atoms with Gasteiger partial charge in [-0.1, -0.05) is 36.8 Å². The molecule has 0 radical (unpaired) electrons. The topological polar surface area (TPSA) is 69.6 Å². The summed E-state index contributed by atoms with van der Waals surface area (Å²) in [7, 11) is 0. The third-order valence-corrected chi connectivity index (χ3v) is 5.52. The minimum Gasteiger partial charge on any atom is -0.394 e. The van der Waals surface area contributed by atoms with Crippen LogP contribution in [-0.2, 0) is 16.0 Å². The molecule has 1 aliphatic heterocycles. The number of aliphatic hydroxyl groups excluding tert-OH is 1. The molecule has 136 valence electrons. The smallest absolute Gasteiger partial charge is 0.225 e. The van der Waals surface area contributed by atoms with Gasteiger partial charge in [0, 0.05) is 24.9 Å². The highest BCUT2D eigenvalue weighted by Gasteiger charge is 2.33. The molecule has 1 heterocycles. The molecule has 0 bridgehead atoms. The number of likely N-dealkylation sites (tertiary alicyclic amines) is 1. The van der Waals surface area contributed by atoms with Crippen LogP contribution in [-0.4, -0.2) is 47.6 Å². The molecule has 1 saturated heterocycles. The zero-order valence-electron chi connectivity index (χ0n) is 14.7. The van der Waals surface area contributed by atoms with E-state index in [1.165, 1.54) is 6.42 Å². The molecule has 3 rings (SSSR count). The third-order valence-electron chi connectivity index (χ3n) is 5.52. The summed E-state index contributed by atoms with van der Waals surface area (Å²) >= 11 is 0. The van der Waals surface area contributed by atoms with Gasteiger partial charge >= 0.3 is 0 Å². The number of piperidine rings is 1. The molecule has 2 aliphatic rings. The van der Waals surface area contributed by atoms with Crippen LogP contribution >= 0.6 is 0 Å². The number of aliphatic hydroxyl groups is 1. The van der Waals surface area contributed by atoms with Crippen LogP contribution in [0.15, 0.2) is 30.3 Å². The number of carbonyl (C=O) groups excluding carboxylic acids is 2. The number of hydrogen-bond acceptors (Lipinski definition) is 3. The van der Waals surface area contributed by atoms with Crippen molar-refractivity contribution < 1.29 is 14.7 Å². The Labute approximate surface area is 149 Å². The minimum absolute atomic E-state index is 0.00530. The molecule has 5 heteroatoms. The summed E-state index contributed by atoms with van der Waals surface area (Å²) in [5.41, 5.74) is 1.10. The lowest BCUT2D eigenvalue weighted by molar-refractivity contribution is -0.141. The molecule has 1 aromatic rings. The van der Waals surface area contributed by atoms with E-state index in [1.807, 2.05) is 35.2 Å². The van der Waals surface area contributed by atoms with Crippen molar-refractivity contribution in [3.63, 3.8) is 0 Å². The van der Waals surface area contributed by atoms with Crippen molar-refractivity contribution in [3.8, 4) is 0 Å². The van der Waals surface area contributed by atoms with Gasteiger partial charge < -0.3 is 15.3 Å². The molecule has 25 heavy (non-hydrogen) atoms. The minimum atomic E-state index is -0.260. The molecule has 2 fully saturated rings. The van der Waals surface area contributed by atoms with E-state index in [0.29, 0.717) is 32.4 Å². The maximum Gasteiger partial charge on any atom is 0.225 e. The molecule has 0 aromatic heterocycles. The highest BCUT2D eigenvalue weighted by Crippen LogP contribution is 2.30. The molecule has 1 atom stereocenters. The van der Waals surface area contributed by atoms with Gasteiger partial charge in [-0.3, -0.25) is 9.59 Å². The van der Waals surface area contributed by atoms with Gasteiger partial charge in [-0.05, 0) is 37.7 Å². The standard InChI is InChI=1S/C20H28N2O3/c23-14-18(13-15-5-2-1-3-6-15)21-19(24)16-9-11-22(12-10-16)20(25)17-7-4-8-17/h1-3,5-6,16-18,23H,4,7-14H2,(H,21,24)/t18-/m0/s1. The number of hydrogen-bond donors (Lipinski definition) is 2. The summed E-state index contributed by atoms with van der Waals surface area (Å²) in [4.78, 5) is 26.7. The average Bonchev–Trinajstić information content (AvgIpc) is 2.60. The number of nitrogens with one attached hydrogen (secondary N) is 1. The SMILES string of the molecule is O=C(N[C@H](CO)Cc1ccccc1)C1CCN(C(=O)C2CCC2)CC1. The fourth-order valence-electron chi connectivity index (χ4n) is 3.65. The summed E-state index contributed by atoms with van der Waals surface area (Å²) in [6.45, 7) is 1.28. The van der Waals surface area contributed by atoms with E-state index in [0.717, 1.165) is 18.4 Å². The maximum atomic E-state index is 12.5. The van der Waals surface area contributed by atoms with Crippen LogP contribution in [0.25, 0.3) is 0 Å². The van der Waals surface area contributed by atoms with Crippen molar-refractivity contribution >= 4 is 11.8 Å². The van der Waals surface area contributed by atoms with Gasteiger partial charge in [-0.15, -0.1) is 0 Å². The van der Waals surface area contributed by atoms with Gasteiger partial charge in [-0.25, -0.2) is 0 Å². The van der Waals surface area contributed by atoms with Crippen molar-refractivity contribution in [2.75, 3.05) is 19.7 Å². The first-order chi connectivity index (χ1) is 12.2. The number of benzene rings is 1. The summed E-state index contributed by atoms with van der Waals surface area (Å²) in [5.74, 6) is 0.457. The highest BCUT2D eigenvalue weighted by atomic mass is 16.3. The monoisotopic (exact) mass is 344 g/mol. The maximum absolute atomic E-state index is 12.5. The van der Waals surface area contributed by atoms with Crippen molar-refractivity contribution in [1.82, 2.24) is 10.2 Å². The van der Waals surface area contributed by atoms with E-state index < -0.39 is 0 Å². The first kappa shape index (κ1) is 17.9. The molecule has 1 saturated carbocycles. The summed E-state index contributed by atoms with van der Waals surface area (Å²) in [6.07, 6.45) is 5.27. The largest absolute Gasteiger partial charge is 0.394 e. The Balaban J connectivity index is 1.45.